The summed E-state index contributed by atoms with van der Waals surface area (Å²) in [5.41, 5.74) is 1.16. The Morgan fingerprint density at radius 1 is 1.14 bits per heavy atom. The van der Waals surface area contributed by atoms with Gasteiger partial charge in [0, 0.05) is 5.02 Å². The number of halogens is 1. The van der Waals surface area contributed by atoms with Crippen molar-refractivity contribution in [2.75, 3.05) is 17.7 Å². The van der Waals surface area contributed by atoms with Gasteiger partial charge in [0.05, 0.1) is 23.8 Å². The van der Waals surface area contributed by atoms with E-state index < -0.39 is 4.92 Å². The molecule has 0 aliphatic heterocycles. The van der Waals surface area contributed by atoms with Gasteiger partial charge in [0.15, 0.2) is 0 Å². The largest absolute Gasteiger partial charge is 0.495 e. The van der Waals surface area contributed by atoms with Gasteiger partial charge in [-0.25, -0.2) is 9.97 Å². The van der Waals surface area contributed by atoms with Crippen LogP contribution in [0.3, 0.4) is 0 Å². The first-order valence-electron chi connectivity index (χ1n) is 8.41. The lowest BCUT2D eigenvalue weighted by molar-refractivity contribution is -0.383. The molecule has 2 aromatic carbocycles. The molecule has 1 heterocycles. The third-order valence-electron chi connectivity index (χ3n) is 4.07. The summed E-state index contributed by atoms with van der Waals surface area (Å²) >= 11 is 6.04. The maximum atomic E-state index is 11.8. The fourth-order valence-electron chi connectivity index (χ4n) is 2.68. The van der Waals surface area contributed by atoms with Gasteiger partial charge in [0.25, 0.3) is 0 Å². The third kappa shape index (κ3) is 4.29. The molecular weight excluding hydrogens is 382 g/mol. The molecule has 0 bridgehead atoms. The van der Waals surface area contributed by atoms with Gasteiger partial charge in [-0.3, -0.25) is 10.1 Å². The molecule has 3 aromatic rings. The van der Waals surface area contributed by atoms with Crippen LogP contribution in [0.15, 0.2) is 54.9 Å². The molecule has 8 nitrogen and oxygen atoms in total. The Balaban J connectivity index is 1.96. The molecule has 0 radical (unpaired) electrons. The summed E-state index contributed by atoms with van der Waals surface area (Å²) < 4.78 is 5.28. The minimum atomic E-state index is -0.528. The second-order valence-electron chi connectivity index (χ2n) is 5.92. The van der Waals surface area contributed by atoms with Gasteiger partial charge in [0.2, 0.25) is 11.6 Å². The summed E-state index contributed by atoms with van der Waals surface area (Å²) in [7, 11) is 1.50. The Bertz CT molecular complexity index is 985. The van der Waals surface area contributed by atoms with Crippen LogP contribution in [-0.4, -0.2) is 22.0 Å². The molecule has 0 saturated heterocycles. The number of nitro groups is 1. The normalized spacial score (nSPS) is 11.5. The number of benzene rings is 2. The van der Waals surface area contributed by atoms with E-state index in [0.717, 1.165) is 5.56 Å². The second-order valence-corrected chi connectivity index (χ2v) is 6.36. The van der Waals surface area contributed by atoms with Crippen molar-refractivity contribution in [3.63, 3.8) is 0 Å². The molecule has 0 saturated carbocycles. The highest BCUT2D eigenvalue weighted by Gasteiger charge is 2.25. The van der Waals surface area contributed by atoms with Gasteiger partial charge < -0.3 is 15.4 Å². The monoisotopic (exact) mass is 399 g/mol. The van der Waals surface area contributed by atoms with Gasteiger partial charge in [0.1, 0.15) is 12.1 Å². The topological polar surface area (TPSA) is 102 Å². The average Bonchev–Trinajstić information content (AvgIpc) is 2.69. The molecule has 0 amide bonds. The fourth-order valence-corrected chi connectivity index (χ4v) is 2.86. The van der Waals surface area contributed by atoms with E-state index in [2.05, 4.69) is 20.6 Å². The molecule has 1 aromatic heterocycles. The zero-order valence-corrected chi connectivity index (χ0v) is 16.0. The molecule has 3 rings (SSSR count). The van der Waals surface area contributed by atoms with Crippen LogP contribution in [0.2, 0.25) is 5.02 Å². The van der Waals surface area contributed by atoms with Gasteiger partial charge >= 0.3 is 5.69 Å². The van der Waals surface area contributed by atoms with Crippen LogP contribution < -0.4 is 15.4 Å². The summed E-state index contributed by atoms with van der Waals surface area (Å²) in [4.78, 5) is 19.3. The quantitative estimate of drug-likeness (QED) is 0.427. The molecule has 0 fully saturated rings. The summed E-state index contributed by atoms with van der Waals surface area (Å²) in [6, 6.07) is 14.3. The molecule has 28 heavy (non-hydrogen) atoms. The SMILES string of the molecule is COc1ccc(Cl)cc1Nc1ncnc(NC(C)c2ccccc2)c1[N+](=O)[O-]. The molecule has 144 valence electrons. The minimum Gasteiger partial charge on any atom is -0.495 e. The van der Waals surface area contributed by atoms with Gasteiger partial charge in [-0.15, -0.1) is 0 Å². The average molecular weight is 400 g/mol. The lowest BCUT2D eigenvalue weighted by Gasteiger charge is -2.16. The van der Waals surface area contributed by atoms with E-state index in [9.17, 15) is 10.1 Å². The second kappa shape index (κ2) is 8.53. The third-order valence-corrected chi connectivity index (χ3v) is 4.31. The van der Waals surface area contributed by atoms with E-state index in [4.69, 9.17) is 16.3 Å². The minimum absolute atomic E-state index is 0.0309. The predicted octanol–water partition coefficient (Wildman–Crippen LogP) is 4.96. The molecule has 1 atom stereocenters. The van der Waals surface area contributed by atoms with Crippen molar-refractivity contribution in [2.45, 2.75) is 13.0 Å². The molecule has 0 spiro atoms. The van der Waals surface area contributed by atoms with Gasteiger partial charge in [-0.05, 0) is 30.7 Å². The van der Waals surface area contributed by atoms with Crippen molar-refractivity contribution in [1.29, 1.82) is 0 Å². The smallest absolute Gasteiger partial charge is 0.353 e. The van der Waals surface area contributed by atoms with Crippen molar-refractivity contribution in [1.82, 2.24) is 9.97 Å². The Kier molecular flexibility index (Phi) is 5.90. The molecule has 0 aliphatic carbocycles. The Hall–Kier alpha value is -3.39. The van der Waals surface area contributed by atoms with Gasteiger partial charge in [-0.1, -0.05) is 41.9 Å². The number of methoxy groups -OCH3 is 1. The zero-order chi connectivity index (χ0) is 20.1. The standard InChI is InChI=1S/C19H18ClN5O3/c1-12(13-6-4-3-5-7-13)23-18-17(25(26)27)19(22-11-21-18)24-15-10-14(20)8-9-16(15)28-2/h3-12H,1-2H3,(H2,21,22,23,24). The highest BCUT2D eigenvalue weighted by molar-refractivity contribution is 6.31. The lowest BCUT2D eigenvalue weighted by atomic mass is 10.1. The van der Waals surface area contributed by atoms with Gasteiger partial charge in [-0.2, -0.15) is 0 Å². The van der Waals surface area contributed by atoms with Crippen molar-refractivity contribution >= 4 is 34.6 Å². The van der Waals surface area contributed by atoms with Crippen LogP contribution in [0.4, 0.5) is 23.0 Å². The van der Waals surface area contributed by atoms with Crippen LogP contribution in [-0.2, 0) is 0 Å². The lowest BCUT2D eigenvalue weighted by Crippen LogP contribution is -2.12. The first-order chi connectivity index (χ1) is 13.5. The summed E-state index contributed by atoms with van der Waals surface area (Å²) in [5.74, 6) is 0.618. The first kappa shape index (κ1) is 19.4. The molecule has 0 aliphatic rings. The van der Waals surface area contributed by atoms with Crippen LogP contribution in [0, 0.1) is 10.1 Å². The Labute approximate surface area is 166 Å². The molecule has 2 N–H and O–H groups in total. The number of hydrogen-bond acceptors (Lipinski definition) is 7. The number of nitrogens with one attached hydrogen (secondary N) is 2. The molecular formula is C19H18ClN5O3. The number of ether oxygens (including phenoxy) is 1. The number of aromatic nitrogens is 2. The van der Waals surface area contributed by atoms with E-state index in [0.29, 0.717) is 16.5 Å². The van der Waals surface area contributed by atoms with E-state index in [1.165, 1.54) is 13.4 Å². The van der Waals surface area contributed by atoms with E-state index in [-0.39, 0.29) is 23.4 Å². The number of hydrogen-bond donors (Lipinski definition) is 2. The number of anilines is 3. The molecule has 1 unspecified atom stereocenters. The van der Waals surface area contributed by atoms with E-state index in [1.807, 2.05) is 37.3 Å². The highest BCUT2D eigenvalue weighted by atomic mass is 35.5. The molecule has 9 heteroatoms. The number of nitrogens with zero attached hydrogens (tertiary/aromatic N) is 3. The summed E-state index contributed by atoms with van der Waals surface area (Å²) in [5, 5.41) is 18.2. The maximum Gasteiger partial charge on any atom is 0.353 e. The zero-order valence-electron chi connectivity index (χ0n) is 15.2. The van der Waals surface area contributed by atoms with Crippen molar-refractivity contribution in [3.8, 4) is 5.75 Å². The Morgan fingerprint density at radius 2 is 1.86 bits per heavy atom. The maximum absolute atomic E-state index is 11.8. The van der Waals surface area contributed by atoms with Crippen molar-refractivity contribution in [3.05, 3.63) is 75.6 Å². The fraction of sp³-hybridized carbons (Fsp3) is 0.158. The van der Waals surface area contributed by atoms with Crippen LogP contribution >= 0.6 is 11.6 Å². The Morgan fingerprint density at radius 3 is 2.54 bits per heavy atom. The van der Waals surface area contributed by atoms with E-state index >= 15 is 0 Å². The number of rotatable bonds is 7. The van der Waals surface area contributed by atoms with Crippen LogP contribution in [0.1, 0.15) is 18.5 Å². The van der Waals surface area contributed by atoms with Crippen molar-refractivity contribution < 1.29 is 9.66 Å². The van der Waals surface area contributed by atoms with Crippen LogP contribution in [0.5, 0.6) is 5.75 Å². The van der Waals surface area contributed by atoms with Crippen molar-refractivity contribution in [2.24, 2.45) is 0 Å². The van der Waals surface area contributed by atoms with Crippen LogP contribution in [0.25, 0.3) is 0 Å². The first-order valence-corrected chi connectivity index (χ1v) is 8.79. The predicted molar refractivity (Wildman–Crippen MR) is 108 cm³/mol. The highest BCUT2D eigenvalue weighted by Crippen LogP contribution is 2.36. The summed E-state index contributed by atoms with van der Waals surface area (Å²) in [6.07, 6.45) is 1.26. The summed E-state index contributed by atoms with van der Waals surface area (Å²) in [6.45, 7) is 1.90. The van der Waals surface area contributed by atoms with E-state index in [1.54, 1.807) is 18.2 Å².